The molecule has 0 unspecified atom stereocenters. The number of aryl methyl sites for hydroxylation is 2. The molecule has 39 heavy (non-hydrogen) atoms. The maximum Gasteiger partial charge on any atom is 0.255 e. The van der Waals surface area contributed by atoms with E-state index in [0.717, 1.165) is 46.3 Å². The third-order valence-corrected chi connectivity index (χ3v) is 7.11. The average Bonchev–Trinajstić information content (AvgIpc) is 3.61. The first kappa shape index (κ1) is 26.3. The second kappa shape index (κ2) is 12.0. The summed E-state index contributed by atoms with van der Waals surface area (Å²) < 4.78 is 14.8. The Balaban J connectivity index is 1.44. The molecule has 5 aromatic rings. The zero-order valence-corrected chi connectivity index (χ0v) is 22.7. The van der Waals surface area contributed by atoms with E-state index in [-0.39, 0.29) is 5.91 Å². The Bertz CT molecular complexity index is 1550. The maximum atomic E-state index is 13.6. The van der Waals surface area contributed by atoms with Crippen LogP contribution in [0, 0.1) is 0 Å². The second-order valence-corrected chi connectivity index (χ2v) is 9.68. The molecule has 0 saturated heterocycles. The lowest BCUT2D eigenvalue weighted by Gasteiger charge is -2.17. The van der Waals surface area contributed by atoms with Crippen molar-refractivity contribution in [3.05, 3.63) is 108 Å². The van der Waals surface area contributed by atoms with Gasteiger partial charge in [-0.25, -0.2) is 4.98 Å². The van der Waals surface area contributed by atoms with E-state index in [0.29, 0.717) is 25.3 Å². The molecular formula is C32H34N4O3. The molecule has 0 aliphatic carbocycles. The summed E-state index contributed by atoms with van der Waals surface area (Å²) in [6.07, 6.45) is 8.70. The van der Waals surface area contributed by atoms with E-state index in [1.165, 1.54) is 5.56 Å². The fourth-order valence-corrected chi connectivity index (χ4v) is 4.89. The topological polar surface area (TPSA) is 61.5 Å². The summed E-state index contributed by atoms with van der Waals surface area (Å²) in [5.41, 5.74) is 4.96. The normalized spacial score (nSPS) is 11.2. The van der Waals surface area contributed by atoms with Gasteiger partial charge in [0.2, 0.25) is 0 Å². The number of nitrogens with zero attached hydrogens (tertiary/aromatic N) is 4. The third-order valence-electron chi connectivity index (χ3n) is 7.11. The Hall–Kier alpha value is -4.36. The number of aromatic nitrogens is 3. The lowest BCUT2D eigenvalue weighted by atomic mass is 9.97. The number of amides is 1. The van der Waals surface area contributed by atoms with Crippen molar-refractivity contribution in [3.8, 4) is 16.9 Å². The summed E-state index contributed by atoms with van der Waals surface area (Å²) in [7, 11) is 5.14. The van der Waals surface area contributed by atoms with Gasteiger partial charge in [-0.15, -0.1) is 0 Å². The van der Waals surface area contributed by atoms with E-state index in [2.05, 4.69) is 56.7 Å². The highest BCUT2D eigenvalue weighted by atomic mass is 16.5. The number of imidazole rings is 1. The number of methoxy groups -OCH3 is 2. The predicted octanol–water partition coefficient (Wildman–Crippen LogP) is 5.52. The molecule has 5 rings (SSSR count). The monoisotopic (exact) mass is 522 g/mol. The average molecular weight is 523 g/mol. The van der Waals surface area contributed by atoms with Gasteiger partial charge in [0.15, 0.2) is 0 Å². The van der Waals surface area contributed by atoms with Crippen molar-refractivity contribution < 1.29 is 14.3 Å². The lowest BCUT2D eigenvalue weighted by molar-refractivity contribution is 0.0745. The number of carbonyl (C=O) groups excluding carboxylic acids is 1. The predicted molar refractivity (Wildman–Crippen MR) is 154 cm³/mol. The van der Waals surface area contributed by atoms with Gasteiger partial charge in [-0.1, -0.05) is 54.6 Å². The Morgan fingerprint density at radius 2 is 1.74 bits per heavy atom. The SMILES string of the molecule is COCCN(C)C(=O)c1cn(Cc2cncn2CCc2ccc(OC)cc2)cc1-c1cccc2ccccc12. The lowest BCUT2D eigenvalue weighted by Crippen LogP contribution is -2.30. The summed E-state index contributed by atoms with van der Waals surface area (Å²) in [5, 5.41) is 2.27. The summed E-state index contributed by atoms with van der Waals surface area (Å²) in [6, 6.07) is 22.7. The number of likely N-dealkylation sites (N-methyl/N-ethyl adjacent to an activating group) is 1. The number of carbonyl (C=O) groups is 1. The van der Waals surface area contributed by atoms with Crippen LogP contribution in [0.25, 0.3) is 21.9 Å². The van der Waals surface area contributed by atoms with Crippen LogP contribution < -0.4 is 4.74 Å². The molecule has 0 aliphatic heterocycles. The zero-order valence-electron chi connectivity index (χ0n) is 22.7. The number of benzene rings is 3. The van der Waals surface area contributed by atoms with Crippen molar-refractivity contribution in [3.63, 3.8) is 0 Å². The summed E-state index contributed by atoms with van der Waals surface area (Å²) >= 11 is 0. The van der Waals surface area contributed by atoms with Gasteiger partial charge in [0.05, 0.1) is 37.8 Å². The molecule has 2 aromatic heterocycles. The minimum Gasteiger partial charge on any atom is -0.497 e. The van der Waals surface area contributed by atoms with Crippen molar-refractivity contribution in [1.82, 2.24) is 19.0 Å². The molecule has 7 nitrogen and oxygen atoms in total. The standard InChI is InChI=1S/C32H34N4O3/c1-34(17-18-38-2)32(37)31-22-35(21-30(31)29-10-6-8-25-7-4-5-9-28(25)29)20-26-19-33-23-36(26)16-15-24-11-13-27(39-3)14-12-24/h4-14,19,21-23H,15-18,20H2,1-3H3. The van der Waals surface area contributed by atoms with Crippen LogP contribution in [0.15, 0.2) is 91.6 Å². The fourth-order valence-electron chi connectivity index (χ4n) is 4.89. The van der Waals surface area contributed by atoms with E-state index in [1.807, 2.05) is 56.1 Å². The molecule has 3 aromatic carbocycles. The summed E-state index contributed by atoms with van der Waals surface area (Å²) in [5.74, 6) is 0.830. The molecule has 0 bridgehead atoms. The molecule has 1 amide bonds. The number of fused-ring (bicyclic) bond motifs is 1. The smallest absolute Gasteiger partial charge is 0.255 e. The van der Waals surface area contributed by atoms with Crippen molar-refractivity contribution in [2.45, 2.75) is 19.5 Å². The minimum absolute atomic E-state index is 0.0262. The van der Waals surface area contributed by atoms with Crippen LogP contribution in [0.3, 0.4) is 0 Å². The minimum atomic E-state index is -0.0262. The number of rotatable bonds is 11. The van der Waals surface area contributed by atoms with Crippen LogP contribution in [0.1, 0.15) is 21.6 Å². The molecule has 200 valence electrons. The van der Waals surface area contributed by atoms with E-state index < -0.39 is 0 Å². The van der Waals surface area contributed by atoms with Crippen LogP contribution in [0.5, 0.6) is 5.75 Å². The highest BCUT2D eigenvalue weighted by Gasteiger charge is 2.21. The molecular weight excluding hydrogens is 488 g/mol. The Kier molecular flexibility index (Phi) is 8.08. The Labute approximate surface area is 229 Å². The first-order valence-electron chi connectivity index (χ1n) is 13.1. The van der Waals surface area contributed by atoms with Gasteiger partial charge in [0, 0.05) is 51.4 Å². The molecule has 0 radical (unpaired) electrons. The van der Waals surface area contributed by atoms with Crippen LogP contribution in [0.4, 0.5) is 0 Å². The highest BCUT2D eigenvalue weighted by molar-refractivity contribution is 6.05. The molecule has 2 heterocycles. The fraction of sp³-hybridized carbons (Fsp3) is 0.250. The van der Waals surface area contributed by atoms with Gasteiger partial charge in [0.25, 0.3) is 5.91 Å². The van der Waals surface area contributed by atoms with Crippen molar-refractivity contribution >= 4 is 16.7 Å². The summed E-state index contributed by atoms with van der Waals surface area (Å²) in [4.78, 5) is 19.7. The van der Waals surface area contributed by atoms with E-state index >= 15 is 0 Å². The maximum absolute atomic E-state index is 13.6. The van der Waals surface area contributed by atoms with Gasteiger partial charge in [0.1, 0.15) is 5.75 Å². The first-order chi connectivity index (χ1) is 19.1. The number of ether oxygens (including phenoxy) is 2. The molecule has 0 saturated carbocycles. The molecule has 0 N–H and O–H groups in total. The van der Waals surface area contributed by atoms with E-state index in [4.69, 9.17) is 9.47 Å². The number of hydrogen-bond acceptors (Lipinski definition) is 4. The van der Waals surface area contributed by atoms with Crippen molar-refractivity contribution in [1.29, 1.82) is 0 Å². The molecule has 0 aliphatic rings. The summed E-state index contributed by atoms with van der Waals surface area (Å²) in [6.45, 7) is 2.42. The Morgan fingerprint density at radius 1 is 0.949 bits per heavy atom. The molecule has 0 fully saturated rings. The number of hydrogen-bond donors (Lipinski definition) is 0. The van der Waals surface area contributed by atoms with Gasteiger partial charge in [-0.05, 0) is 40.5 Å². The largest absolute Gasteiger partial charge is 0.497 e. The second-order valence-electron chi connectivity index (χ2n) is 9.68. The van der Waals surface area contributed by atoms with Gasteiger partial charge >= 0.3 is 0 Å². The molecule has 7 heteroatoms. The van der Waals surface area contributed by atoms with E-state index in [1.54, 1.807) is 19.1 Å². The third kappa shape index (κ3) is 5.89. The van der Waals surface area contributed by atoms with Crippen LogP contribution in [0.2, 0.25) is 0 Å². The first-order valence-corrected chi connectivity index (χ1v) is 13.1. The highest BCUT2D eigenvalue weighted by Crippen LogP contribution is 2.32. The van der Waals surface area contributed by atoms with Crippen LogP contribution in [-0.4, -0.2) is 59.3 Å². The van der Waals surface area contributed by atoms with Gasteiger partial charge in [-0.2, -0.15) is 0 Å². The molecule has 0 atom stereocenters. The van der Waals surface area contributed by atoms with Gasteiger partial charge in [-0.3, -0.25) is 4.79 Å². The zero-order chi connectivity index (χ0) is 27.2. The Morgan fingerprint density at radius 3 is 2.54 bits per heavy atom. The van der Waals surface area contributed by atoms with Crippen molar-refractivity contribution in [2.24, 2.45) is 0 Å². The van der Waals surface area contributed by atoms with Crippen LogP contribution in [-0.2, 0) is 24.2 Å². The molecule has 0 spiro atoms. The van der Waals surface area contributed by atoms with Crippen LogP contribution >= 0.6 is 0 Å². The van der Waals surface area contributed by atoms with Crippen molar-refractivity contribution in [2.75, 3.05) is 34.4 Å². The van der Waals surface area contributed by atoms with Gasteiger partial charge < -0.3 is 23.5 Å². The van der Waals surface area contributed by atoms with E-state index in [9.17, 15) is 4.79 Å². The quantitative estimate of drug-likeness (QED) is 0.229.